The average Bonchev–Trinajstić information content (AvgIpc) is 3.06. The standard InChI is InChI=1S/C23H26N2O3/c1-16-13-18(6-7-20(16)27-3)23-9-8-19(14-21(23)25(2)12-10-23)28-22(26)17-5-4-11-24-15-17/h4-8,11,13,15,21H,9-10,12,14H2,1-3H3/t21-,23-/m0/s1. The van der Waals surface area contributed by atoms with E-state index in [0.29, 0.717) is 11.6 Å². The Morgan fingerprint density at radius 2 is 2.18 bits per heavy atom. The topological polar surface area (TPSA) is 51.7 Å². The Hall–Kier alpha value is -2.66. The number of rotatable bonds is 4. The molecule has 146 valence electrons. The van der Waals surface area contributed by atoms with Crippen molar-refractivity contribution in [2.45, 2.75) is 37.6 Å². The van der Waals surface area contributed by atoms with Crippen LogP contribution in [0.1, 0.15) is 40.7 Å². The first kappa shape index (κ1) is 18.7. The third kappa shape index (κ3) is 3.20. The summed E-state index contributed by atoms with van der Waals surface area (Å²) in [5.74, 6) is 1.33. The highest BCUT2D eigenvalue weighted by atomic mass is 16.5. The third-order valence-electron chi connectivity index (χ3n) is 6.26. The largest absolute Gasteiger partial charge is 0.496 e. The number of nitrogens with zero attached hydrogens (tertiary/aromatic N) is 2. The van der Waals surface area contributed by atoms with Crippen LogP contribution in [-0.4, -0.2) is 42.6 Å². The minimum absolute atomic E-state index is 0.0516. The average molecular weight is 378 g/mol. The molecule has 1 aromatic carbocycles. The summed E-state index contributed by atoms with van der Waals surface area (Å²) < 4.78 is 11.1. The number of ether oxygens (including phenoxy) is 2. The summed E-state index contributed by atoms with van der Waals surface area (Å²) in [5.41, 5.74) is 3.02. The highest BCUT2D eigenvalue weighted by Gasteiger charge is 2.49. The molecule has 28 heavy (non-hydrogen) atoms. The van der Waals surface area contributed by atoms with E-state index < -0.39 is 0 Å². The summed E-state index contributed by atoms with van der Waals surface area (Å²) in [6, 6.07) is 10.3. The first-order valence-electron chi connectivity index (χ1n) is 9.70. The van der Waals surface area contributed by atoms with Crippen LogP contribution in [0.3, 0.4) is 0 Å². The van der Waals surface area contributed by atoms with Crippen LogP contribution in [0.2, 0.25) is 0 Å². The lowest BCUT2D eigenvalue weighted by Crippen LogP contribution is -2.43. The van der Waals surface area contributed by atoms with Gasteiger partial charge in [0.2, 0.25) is 0 Å². The molecule has 4 rings (SSSR count). The Morgan fingerprint density at radius 1 is 1.32 bits per heavy atom. The number of aromatic nitrogens is 1. The molecular weight excluding hydrogens is 352 g/mol. The van der Waals surface area contributed by atoms with Crippen molar-refractivity contribution in [2.75, 3.05) is 20.7 Å². The van der Waals surface area contributed by atoms with E-state index in [1.54, 1.807) is 25.4 Å². The van der Waals surface area contributed by atoms with Gasteiger partial charge >= 0.3 is 5.97 Å². The van der Waals surface area contributed by atoms with Crippen molar-refractivity contribution in [3.8, 4) is 5.75 Å². The first-order chi connectivity index (χ1) is 13.5. The van der Waals surface area contributed by atoms with Gasteiger partial charge in [-0.1, -0.05) is 12.1 Å². The second-order valence-electron chi connectivity index (χ2n) is 7.80. The molecule has 0 amide bonds. The predicted octanol–water partition coefficient (Wildman–Crippen LogP) is 3.88. The number of carbonyl (C=O) groups excluding carboxylic acids is 1. The summed E-state index contributed by atoms with van der Waals surface area (Å²) >= 11 is 0. The van der Waals surface area contributed by atoms with Gasteiger partial charge in [-0.25, -0.2) is 4.79 Å². The van der Waals surface area contributed by atoms with Crippen LogP contribution in [0.25, 0.3) is 0 Å². The van der Waals surface area contributed by atoms with Gasteiger partial charge in [0, 0.05) is 30.3 Å². The lowest BCUT2D eigenvalue weighted by atomic mass is 9.68. The van der Waals surface area contributed by atoms with Gasteiger partial charge in [-0.05, 0) is 68.8 Å². The van der Waals surface area contributed by atoms with Crippen LogP contribution in [0.4, 0.5) is 0 Å². The maximum absolute atomic E-state index is 12.4. The fraction of sp³-hybridized carbons (Fsp3) is 0.391. The number of fused-ring (bicyclic) bond motifs is 1. The van der Waals surface area contributed by atoms with Gasteiger partial charge in [0.1, 0.15) is 11.5 Å². The van der Waals surface area contributed by atoms with E-state index in [1.807, 2.05) is 0 Å². The molecule has 0 radical (unpaired) electrons. The maximum atomic E-state index is 12.4. The number of aryl methyl sites for hydroxylation is 1. The maximum Gasteiger partial charge on any atom is 0.344 e. The normalized spacial score (nSPS) is 24.4. The zero-order valence-electron chi connectivity index (χ0n) is 16.6. The zero-order chi connectivity index (χ0) is 19.7. The molecule has 5 nitrogen and oxygen atoms in total. The van der Waals surface area contributed by atoms with E-state index in [1.165, 1.54) is 11.8 Å². The second-order valence-corrected chi connectivity index (χ2v) is 7.80. The molecule has 2 heterocycles. The lowest BCUT2D eigenvalue weighted by molar-refractivity contribution is 0.0579. The van der Waals surface area contributed by atoms with Gasteiger partial charge in [0.15, 0.2) is 0 Å². The van der Waals surface area contributed by atoms with Gasteiger partial charge in [-0.15, -0.1) is 0 Å². The number of hydrogen-bond acceptors (Lipinski definition) is 5. The molecule has 0 spiro atoms. The van der Waals surface area contributed by atoms with Crippen molar-refractivity contribution in [1.29, 1.82) is 0 Å². The molecule has 1 aliphatic carbocycles. The summed E-state index contributed by atoms with van der Waals surface area (Å²) in [7, 11) is 3.87. The van der Waals surface area contributed by atoms with Crippen molar-refractivity contribution in [3.05, 3.63) is 71.3 Å². The summed E-state index contributed by atoms with van der Waals surface area (Å²) in [6.07, 6.45) is 7.98. The molecule has 2 atom stereocenters. The van der Waals surface area contributed by atoms with E-state index in [9.17, 15) is 4.79 Å². The van der Waals surface area contributed by atoms with Crippen LogP contribution in [-0.2, 0) is 10.2 Å². The number of esters is 1. The van der Waals surface area contributed by atoms with Crippen LogP contribution >= 0.6 is 0 Å². The number of hydrogen-bond donors (Lipinski definition) is 0. The molecule has 1 saturated heterocycles. The lowest BCUT2D eigenvalue weighted by Gasteiger charge is -2.40. The minimum Gasteiger partial charge on any atom is -0.496 e. The molecule has 0 saturated carbocycles. The minimum atomic E-state index is -0.340. The van der Waals surface area contributed by atoms with Gasteiger partial charge in [0.05, 0.1) is 12.7 Å². The Balaban J connectivity index is 1.60. The van der Waals surface area contributed by atoms with Crippen LogP contribution in [0, 0.1) is 6.92 Å². The molecule has 2 aromatic rings. The Bertz CT molecular complexity index is 909. The van der Waals surface area contributed by atoms with Crippen molar-refractivity contribution in [3.63, 3.8) is 0 Å². The molecule has 0 N–H and O–H groups in total. The van der Waals surface area contributed by atoms with E-state index in [0.717, 1.165) is 42.9 Å². The first-order valence-corrected chi connectivity index (χ1v) is 9.70. The Labute approximate surface area is 166 Å². The van der Waals surface area contributed by atoms with Crippen molar-refractivity contribution in [2.24, 2.45) is 0 Å². The number of carbonyl (C=O) groups is 1. The number of pyridine rings is 1. The third-order valence-corrected chi connectivity index (χ3v) is 6.26. The molecular formula is C23H26N2O3. The monoisotopic (exact) mass is 378 g/mol. The highest BCUT2D eigenvalue weighted by molar-refractivity contribution is 5.89. The molecule has 1 aromatic heterocycles. The summed E-state index contributed by atoms with van der Waals surface area (Å²) in [6.45, 7) is 3.12. The molecule has 1 aliphatic heterocycles. The van der Waals surface area contributed by atoms with Gasteiger partial charge < -0.3 is 14.4 Å². The van der Waals surface area contributed by atoms with Crippen molar-refractivity contribution >= 4 is 5.97 Å². The smallest absolute Gasteiger partial charge is 0.344 e. The summed E-state index contributed by atoms with van der Waals surface area (Å²) in [5, 5.41) is 0. The molecule has 0 unspecified atom stereocenters. The molecule has 5 heteroatoms. The van der Waals surface area contributed by atoms with E-state index >= 15 is 0 Å². The fourth-order valence-electron chi connectivity index (χ4n) is 4.67. The Morgan fingerprint density at radius 3 is 2.89 bits per heavy atom. The molecule has 1 fully saturated rings. The van der Waals surface area contributed by atoms with E-state index in [4.69, 9.17) is 9.47 Å². The van der Waals surface area contributed by atoms with Gasteiger partial charge in [-0.3, -0.25) is 4.98 Å². The number of likely N-dealkylation sites (N-methyl/N-ethyl adjacent to an activating group) is 1. The summed E-state index contributed by atoms with van der Waals surface area (Å²) in [4.78, 5) is 18.8. The fourth-order valence-corrected chi connectivity index (χ4v) is 4.67. The van der Waals surface area contributed by atoms with Crippen LogP contribution < -0.4 is 4.74 Å². The molecule has 0 bridgehead atoms. The zero-order valence-corrected chi connectivity index (χ0v) is 16.6. The van der Waals surface area contributed by atoms with Crippen molar-refractivity contribution in [1.82, 2.24) is 9.88 Å². The van der Waals surface area contributed by atoms with Gasteiger partial charge in [-0.2, -0.15) is 0 Å². The van der Waals surface area contributed by atoms with E-state index in [2.05, 4.69) is 48.1 Å². The van der Waals surface area contributed by atoms with Crippen LogP contribution in [0.5, 0.6) is 5.75 Å². The number of benzene rings is 1. The number of methoxy groups -OCH3 is 1. The van der Waals surface area contributed by atoms with Crippen LogP contribution in [0.15, 0.2) is 54.6 Å². The van der Waals surface area contributed by atoms with Gasteiger partial charge in [0.25, 0.3) is 0 Å². The second kappa shape index (κ2) is 7.40. The predicted molar refractivity (Wildman–Crippen MR) is 107 cm³/mol. The quantitative estimate of drug-likeness (QED) is 0.756. The SMILES string of the molecule is COc1ccc([C@@]23CC=C(OC(=O)c4cccnc4)C[C@@H]2N(C)CC3)cc1C. The highest BCUT2D eigenvalue weighted by Crippen LogP contribution is 2.48. The number of likely N-dealkylation sites (tertiary alicyclic amines) is 1. The Kier molecular flexibility index (Phi) is 4.94. The van der Waals surface area contributed by atoms with E-state index in [-0.39, 0.29) is 11.4 Å². The number of allylic oxidation sites excluding steroid dienone is 1. The van der Waals surface area contributed by atoms with Crippen molar-refractivity contribution < 1.29 is 14.3 Å². The molecule has 2 aliphatic rings.